The number of nitro groups is 1. The van der Waals surface area contributed by atoms with Crippen molar-refractivity contribution in [2.45, 2.75) is 63.5 Å². The number of aromatic nitrogens is 4. The Morgan fingerprint density at radius 3 is 2.60 bits per heavy atom. The number of aliphatic hydroxyl groups is 1. The highest BCUT2D eigenvalue weighted by atomic mass is 31.3. The number of amides is 1. The molecule has 6 atom stereocenters. The van der Waals surface area contributed by atoms with E-state index < -0.39 is 59.5 Å². The fraction of sp³-hybridized carbons (Fsp3) is 0.481. The molecule has 0 aliphatic carbocycles. The number of rotatable bonds is 18. The highest BCUT2D eigenvalue weighted by molar-refractivity contribution is 7.66. The fourth-order valence-corrected chi connectivity index (χ4v) is 8.12. The molecule has 3 aromatic rings. The lowest BCUT2D eigenvalue weighted by Crippen LogP contribution is -2.26. The smallest absolute Gasteiger partial charge is 0.390 e. The van der Waals surface area contributed by atoms with Crippen LogP contribution >= 0.6 is 23.5 Å². The predicted octanol–water partition coefficient (Wildman–Crippen LogP) is 1.89. The first-order chi connectivity index (χ1) is 24.9. The average molecular weight is 807 g/mol. The van der Waals surface area contributed by atoms with E-state index in [4.69, 9.17) is 20.3 Å². The molecule has 1 amide bonds. The quantitative estimate of drug-likeness (QED) is 0.0299. The van der Waals surface area contributed by atoms with Crippen LogP contribution in [0, 0.1) is 22.0 Å². The number of unbranched alkanes of at least 4 members (excludes halogenated alkanes) is 2. The maximum atomic E-state index is 12.1. The highest BCUT2D eigenvalue weighted by Crippen LogP contribution is 2.66. The van der Waals surface area contributed by atoms with Crippen molar-refractivity contribution in [1.29, 1.82) is 0 Å². The Balaban J connectivity index is 1.40. The minimum absolute atomic E-state index is 0.0765. The summed E-state index contributed by atoms with van der Waals surface area (Å²) in [6, 6.07) is 3.80. The van der Waals surface area contributed by atoms with Crippen LogP contribution in [0.3, 0.4) is 0 Å². The number of hydrogen-bond donors (Lipinski definition) is 8. The number of imidazole rings is 1. The number of phosphoric acid groups is 3. The first-order valence-electron chi connectivity index (χ1n) is 15.7. The second kappa shape index (κ2) is 18.1. The molecule has 1 aromatic carbocycles. The van der Waals surface area contributed by atoms with Crippen molar-refractivity contribution in [1.82, 2.24) is 24.8 Å². The Kier molecular flexibility index (Phi) is 14.3. The van der Waals surface area contributed by atoms with Crippen LogP contribution in [-0.4, -0.2) is 86.9 Å². The molecule has 3 unspecified atom stereocenters. The number of nitro benzene ring substituents is 1. The zero-order valence-corrected chi connectivity index (χ0v) is 30.5. The summed E-state index contributed by atoms with van der Waals surface area (Å²) >= 11 is 0. The normalized spacial score (nSPS) is 20.2. The van der Waals surface area contributed by atoms with Crippen molar-refractivity contribution in [3.05, 3.63) is 52.1 Å². The van der Waals surface area contributed by atoms with Crippen LogP contribution in [0.15, 0.2) is 30.9 Å². The van der Waals surface area contributed by atoms with Crippen LogP contribution in [0.4, 0.5) is 11.5 Å². The summed E-state index contributed by atoms with van der Waals surface area (Å²) in [5.74, 6) is 5.66. The van der Waals surface area contributed by atoms with Gasteiger partial charge < -0.3 is 45.8 Å². The Morgan fingerprint density at radius 2 is 1.91 bits per heavy atom. The maximum Gasteiger partial charge on any atom is 0.490 e. The molecule has 0 spiro atoms. The van der Waals surface area contributed by atoms with Gasteiger partial charge in [0.2, 0.25) is 5.91 Å². The number of carbonyl (C=O) groups is 1. The number of nitrogens with two attached hydrogens (primary N) is 1. The zero-order chi connectivity index (χ0) is 39.0. The van der Waals surface area contributed by atoms with Crippen molar-refractivity contribution in [2.75, 3.05) is 25.0 Å². The number of anilines is 1. The molecular weight excluding hydrogens is 769 g/mol. The van der Waals surface area contributed by atoms with E-state index in [2.05, 4.69) is 50.6 Å². The summed E-state index contributed by atoms with van der Waals surface area (Å²) in [4.78, 5) is 72.5. The SMILES string of the molecule is C[C@H](Nc1ncnc2c1ncn2[C@H]1CC(O)[C@@H](COP(=O)(O)OP(=O)(O)OP(=O)(O)O)O1)c1ccc(C#CCNC(=O)CCCCCN)cc1[N+](=O)[O-]. The Hall–Kier alpha value is -3.71. The number of nitrogens with zero attached hydrogens (tertiary/aromatic N) is 5. The van der Waals surface area contributed by atoms with Gasteiger partial charge in [-0.05, 0) is 38.4 Å². The summed E-state index contributed by atoms with van der Waals surface area (Å²) in [5, 5.41) is 28.3. The Bertz CT molecular complexity index is 2000. The number of hydrogen-bond acceptors (Lipinski definition) is 16. The van der Waals surface area contributed by atoms with Gasteiger partial charge in [0.15, 0.2) is 17.0 Å². The summed E-state index contributed by atoms with van der Waals surface area (Å²) in [6.07, 6.45) is 1.60. The number of carbonyl (C=O) groups excluding carboxylic acids is 1. The molecule has 26 heteroatoms. The molecular formula is C27H37N8O15P3. The Morgan fingerprint density at radius 1 is 1.15 bits per heavy atom. The summed E-state index contributed by atoms with van der Waals surface area (Å²) in [5.41, 5.74) is 6.34. The number of nitrogens with one attached hydrogen (secondary N) is 2. The Labute approximate surface area is 300 Å². The van der Waals surface area contributed by atoms with Gasteiger partial charge >= 0.3 is 23.5 Å². The van der Waals surface area contributed by atoms with Gasteiger partial charge in [0.1, 0.15) is 18.7 Å². The number of ether oxygens (including phenoxy) is 1. The van der Waals surface area contributed by atoms with Crippen LogP contribution in [0.25, 0.3) is 11.2 Å². The van der Waals surface area contributed by atoms with Gasteiger partial charge in [-0.15, -0.1) is 0 Å². The monoisotopic (exact) mass is 806 g/mol. The molecule has 53 heavy (non-hydrogen) atoms. The highest BCUT2D eigenvalue weighted by Gasteiger charge is 2.43. The van der Waals surface area contributed by atoms with Gasteiger partial charge in [-0.3, -0.25) is 24.0 Å². The maximum absolute atomic E-state index is 12.1. The number of aliphatic hydroxyl groups excluding tert-OH is 1. The minimum Gasteiger partial charge on any atom is -0.390 e. The van der Waals surface area contributed by atoms with Crippen molar-refractivity contribution in [3.8, 4) is 11.8 Å². The lowest BCUT2D eigenvalue weighted by atomic mass is 10.0. The van der Waals surface area contributed by atoms with E-state index in [9.17, 15) is 43.5 Å². The van der Waals surface area contributed by atoms with Crippen LogP contribution < -0.4 is 16.4 Å². The van der Waals surface area contributed by atoms with E-state index in [0.29, 0.717) is 24.1 Å². The van der Waals surface area contributed by atoms with Crippen molar-refractivity contribution in [3.63, 3.8) is 0 Å². The third-order valence-corrected chi connectivity index (χ3v) is 11.3. The molecule has 1 fully saturated rings. The molecule has 0 saturated carbocycles. The number of benzene rings is 1. The molecule has 4 rings (SSSR count). The van der Waals surface area contributed by atoms with E-state index in [1.54, 1.807) is 19.1 Å². The predicted molar refractivity (Wildman–Crippen MR) is 182 cm³/mol. The standard InChI is InChI=1S/C27H37N8O15P3/c1-17(19-9-8-18(12-20(19)35(38)39)6-5-11-29-23(37)7-3-2-4-10-28)33-26-25-27(31-15-30-26)34(16-32-25)24-13-21(36)22(48-24)14-47-52(43,44)50-53(45,46)49-51(40,41)42/h8-9,12,15-17,21-22,24,36H,2-4,7,10-11,13-14,28H2,1H3,(H,29,37)(H,43,44)(H,45,46)(H,30,31,33)(H2,40,41,42)/t17-,21?,22+,24+/m0/s1. The lowest BCUT2D eigenvalue weighted by molar-refractivity contribution is -0.385. The van der Waals surface area contributed by atoms with Gasteiger partial charge in [-0.2, -0.15) is 8.62 Å². The first-order valence-corrected chi connectivity index (χ1v) is 20.2. The lowest BCUT2D eigenvalue weighted by Gasteiger charge is -2.19. The third kappa shape index (κ3) is 12.4. The van der Waals surface area contributed by atoms with E-state index in [1.165, 1.54) is 23.3 Å². The average Bonchev–Trinajstić information content (AvgIpc) is 3.66. The van der Waals surface area contributed by atoms with Crippen molar-refractivity contribution in [2.24, 2.45) is 5.73 Å². The topological polar surface area (TPSA) is 343 Å². The van der Waals surface area contributed by atoms with Gasteiger partial charge in [0.25, 0.3) is 5.69 Å². The molecule has 1 saturated heterocycles. The third-order valence-electron chi connectivity index (χ3n) is 7.45. The molecule has 0 bridgehead atoms. The molecule has 1 aliphatic rings. The fourth-order valence-electron chi connectivity index (χ4n) is 5.09. The second-order valence-corrected chi connectivity index (χ2v) is 15.9. The van der Waals surface area contributed by atoms with Crippen LogP contribution in [0.2, 0.25) is 0 Å². The minimum atomic E-state index is -5.74. The van der Waals surface area contributed by atoms with Crippen molar-refractivity contribution >= 4 is 52.0 Å². The number of fused-ring (bicyclic) bond motifs is 1. The zero-order valence-electron chi connectivity index (χ0n) is 27.8. The van der Waals surface area contributed by atoms with E-state index in [-0.39, 0.29) is 41.5 Å². The van der Waals surface area contributed by atoms with Gasteiger partial charge in [0, 0.05) is 24.5 Å². The van der Waals surface area contributed by atoms with E-state index in [1.807, 2.05) is 0 Å². The van der Waals surface area contributed by atoms with Gasteiger partial charge in [0.05, 0.1) is 42.1 Å². The van der Waals surface area contributed by atoms with Crippen LogP contribution in [0.5, 0.6) is 0 Å². The summed E-state index contributed by atoms with van der Waals surface area (Å²) in [7, 11) is -16.8. The first kappa shape index (κ1) is 42.0. The summed E-state index contributed by atoms with van der Waals surface area (Å²) in [6.45, 7) is 1.44. The van der Waals surface area contributed by atoms with Gasteiger partial charge in [-0.1, -0.05) is 18.3 Å². The van der Waals surface area contributed by atoms with E-state index in [0.717, 1.165) is 19.3 Å². The number of phosphoric ester groups is 1. The molecule has 1 aliphatic heterocycles. The molecule has 0 radical (unpaired) electrons. The van der Waals surface area contributed by atoms with Crippen LogP contribution in [-0.2, 0) is 36.4 Å². The molecule has 3 heterocycles. The molecule has 23 nitrogen and oxygen atoms in total. The summed E-state index contributed by atoms with van der Waals surface area (Å²) < 4.78 is 53.5. The largest absolute Gasteiger partial charge is 0.490 e. The molecule has 9 N–H and O–H groups in total. The molecule has 2 aromatic heterocycles. The van der Waals surface area contributed by atoms with Gasteiger partial charge in [-0.25, -0.2) is 28.6 Å². The second-order valence-electron chi connectivity index (χ2n) is 11.4. The molecule has 290 valence electrons. The van der Waals surface area contributed by atoms with Crippen molar-refractivity contribution < 1.29 is 66.0 Å². The van der Waals surface area contributed by atoms with E-state index >= 15 is 0 Å². The van der Waals surface area contributed by atoms with Crippen LogP contribution in [0.1, 0.15) is 62.4 Å².